The molecular weight excluding hydrogens is 228 g/mol. The van der Waals surface area contributed by atoms with Crippen molar-refractivity contribution in [3.05, 3.63) is 60.3 Å². The van der Waals surface area contributed by atoms with Crippen LogP contribution in [0.25, 0.3) is 10.9 Å². The van der Waals surface area contributed by atoms with Gasteiger partial charge in [-0.1, -0.05) is 30.3 Å². The number of aromatic nitrogens is 2. The van der Waals surface area contributed by atoms with Gasteiger partial charge in [0.25, 0.3) is 0 Å². The number of nitrogens with zero attached hydrogens (tertiary/aromatic N) is 1. The fourth-order valence-corrected chi connectivity index (χ4v) is 2.65. The van der Waals surface area contributed by atoms with Gasteiger partial charge in [0.2, 0.25) is 0 Å². The third-order valence-electron chi connectivity index (χ3n) is 2.66. The van der Waals surface area contributed by atoms with Crippen molar-refractivity contribution in [2.75, 3.05) is 0 Å². The quantitative estimate of drug-likeness (QED) is 0.704. The van der Waals surface area contributed by atoms with Gasteiger partial charge < -0.3 is 0 Å². The maximum Gasteiger partial charge on any atom is 0.0651 e. The molecular formula is C14H12N2S. The SMILES string of the molecule is c1ccc(CSc2ccc3[nH]ncc3c2)cc1. The summed E-state index contributed by atoms with van der Waals surface area (Å²) in [5, 5.41) is 8.16. The van der Waals surface area contributed by atoms with Gasteiger partial charge in [-0.25, -0.2) is 0 Å². The molecule has 0 amide bonds. The van der Waals surface area contributed by atoms with E-state index >= 15 is 0 Å². The lowest BCUT2D eigenvalue weighted by molar-refractivity contribution is 1.12. The number of H-pyrrole nitrogens is 1. The van der Waals surface area contributed by atoms with Crippen molar-refractivity contribution < 1.29 is 0 Å². The minimum Gasteiger partial charge on any atom is -0.278 e. The summed E-state index contributed by atoms with van der Waals surface area (Å²) in [6.45, 7) is 0. The van der Waals surface area contributed by atoms with Crippen LogP contribution >= 0.6 is 11.8 Å². The van der Waals surface area contributed by atoms with E-state index in [0.29, 0.717) is 0 Å². The van der Waals surface area contributed by atoms with Gasteiger partial charge in [0.15, 0.2) is 0 Å². The van der Waals surface area contributed by atoms with Gasteiger partial charge in [0.05, 0.1) is 11.7 Å². The Morgan fingerprint density at radius 3 is 2.82 bits per heavy atom. The third kappa shape index (κ3) is 2.34. The number of thioether (sulfide) groups is 1. The van der Waals surface area contributed by atoms with Crippen LogP contribution in [0.5, 0.6) is 0 Å². The van der Waals surface area contributed by atoms with Gasteiger partial charge in [-0.2, -0.15) is 5.10 Å². The summed E-state index contributed by atoms with van der Waals surface area (Å²) in [7, 11) is 0. The number of aromatic amines is 1. The van der Waals surface area contributed by atoms with Crippen molar-refractivity contribution >= 4 is 22.7 Å². The maximum absolute atomic E-state index is 4.03. The molecule has 2 nitrogen and oxygen atoms in total. The van der Waals surface area contributed by atoms with Crippen molar-refractivity contribution in [3.8, 4) is 0 Å². The van der Waals surface area contributed by atoms with Crippen molar-refractivity contribution in [2.24, 2.45) is 0 Å². The molecule has 0 atom stereocenters. The molecule has 3 heteroatoms. The smallest absolute Gasteiger partial charge is 0.0651 e. The molecule has 17 heavy (non-hydrogen) atoms. The summed E-state index contributed by atoms with van der Waals surface area (Å²) in [5.41, 5.74) is 2.44. The molecule has 0 aliphatic carbocycles. The molecule has 0 saturated heterocycles. The molecule has 0 bridgehead atoms. The molecule has 0 aliphatic heterocycles. The summed E-state index contributed by atoms with van der Waals surface area (Å²) in [4.78, 5) is 1.28. The Hall–Kier alpha value is -1.74. The minimum absolute atomic E-state index is 1.00. The topological polar surface area (TPSA) is 28.7 Å². The Kier molecular flexibility index (Phi) is 2.84. The highest BCUT2D eigenvalue weighted by Gasteiger charge is 1.99. The van der Waals surface area contributed by atoms with Crippen molar-refractivity contribution in [1.82, 2.24) is 10.2 Å². The van der Waals surface area contributed by atoms with Crippen LogP contribution < -0.4 is 0 Å². The molecule has 0 saturated carbocycles. The van der Waals surface area contributed by atoms with Crippen LogP contribution in [-0.4, -0.2) is 10.2 Å². The zero-order valence-electron chi connectivity index (χ0n) is 9.26. The molecule has 3 rings (SSSR count). The van der Waals surface area contributed by atoms with E-state index in [2.05, 4.69) is 52.7 Å². The molecule has 84 valence electrons. The largest absolute Gasteiger partial charge is 0.278 e. The second kappa shape index (κ2) is 4.63. The Morgan fingerprint density at radius 1 is 1.06 bits per heavy atom. The van der Waals surface area contributed by atoms with Crippen molar-refractivity contribution in [3.63, 3.8) is 0 Å². The zero-order chi connectivity index (χ0) is 11.5. The predicted octanol–water partition coefficient (Wildman–Crippen LogP) is 3.86. The lowest BCUT2D eigenvalue weighted by atomic mass is 10.2. The molecule has 0 spiro atoms. The summed E-state index contributed by atoms with van der Waals surface area (Å²) >= 11 is 1.85. The van der Waals surface area contributed by atoms with Gasteiger partial charge in [0, 0.05) is 16.0 Å². The van der Waals surface area contributed by atoms with Gasteiger partial charge in [-0.15, -0.1) is 11.8 Å². The number of hydrogen-bond acceptors (Lipinski definition) is 2. The Balaban J connectivity index is 1.76. The minimum atomic E-state index is 1.00. The summed E-state index contributed by atoms with van der Waals surface area (Å²) in [6.07, 6.45) is 1.86. The van der Waals surface area contributed by atoms with Crippen LogP contribution in [0.4, 0.5) is 0 Å². The standard InChI is InChI=1S/C14H12N2S/c1-2-4-11(5-3-1)10-17-13-6-7-14-12(8-13)9-15-16-14/h1-9H,10H2,(H,15,16). The fourth-order valence-electron chi connectivity index (χ4n) is 1.75. The van der Waals surface area contributed by atoms with E-state index in [4.69, 9.17) is 0 Å². The average Bonchev–Trinajstić information content (AvgIpc) is 2.85. The lowest BCUT2D eigenvalue weighted by Crippen LogP contribution is -1.79. The van der Waals surface area contributed by atoms with Crippen LogP contribution in [0.2, 0.25) is 0 Å². The highest BCUT2D eigenvalue weighted by atomic mass is 32.2. The Bertz CT molecular complexity index is 616. The van der Waals surface area contributed by atoms with Gasteiger partial charge in [0.1, 0.15) is 0 Å². The van der Waals surface area contributed by atoms with Crippen molar-refractivity contribution in [2.45, 2.75) is 10.6 Å². The highest BCUT2D eigenvalue weighted by molar-refractivity contribution is 7.98. The molecule has 3 aromatic rings. The van der Waals surface area contributed by atoms with E-state index in [1.54, 1.807) is 0 Å². The average molecular weight is 240 g/mol. The Morgan fingerprint density at radius 2 is 1.94 bits per heavy atom. The van der Waals surface area contributed by atoms with E-state index in [0.717, 1.165) is 11.3 Å². The highest BCUT2D eigenvalue weighted by Crippen LogP contribution is 2.25. The number of fused-ring (bicyclic) bond motifs is 1. The molecule has 0 radical (unpaired) electrons. The monoisotopic (exact) mass is 240 g/mol. The fraction of sp³-hybridized carbons (Fsp3) is 0.0714. The van der Waals surface area contributed by atoms with Crippen LogP contribution in [0.1, 0.15) is 5.56 Å². The van der Waals surface area contributed by atoms with Crippen molar-refractivity contribution in [1.29, 1.82) is 0 Å². The predicted molar refractivity (Wildman–Crippen MR) is 72.1 cm³/mol. The lowest BCUT2D eigenvalue weighted by Gasteiger charge is -2.01. The first-order valence-corrected chi connectivity index (χ1v) is 6.50. The molecule has 1 heterocycles. The number of nitrogens with one attached hydrogen (secondary N) is 1. The van der Waals surface area contributed by atoms with E-state index in [1.807, 2.05) is 24.0 Å². The summed E-state index contributed by atoms with van der Waals surface area (Å²) < 4.78 is 0. The molecule has 1 N–H and O–H groups in total. The van der Waals surface area contributed by atoms with E-state index in [1.165, 1.54) is 15.8 Å². The van der Waals surface area contributed by atoms with Crippen LogP contribution in [0, 0.1) is 0 Å². The summed E-state index contributed by atoms with van der Waals surface area (Å²) in [5.74, 6) is 1.00. The maximum atomic E-state index is 4.03. The molecule has 1 aromatic heterocycles. The third-order valence-corrected chi connectivity index (χ3v) is 3.72. The number of hydrogen-bond donors (Lipinski definition) is 1. The molecule has 0 fully saturated rings. The van der Waals surface area contributed by atoms with Crippen LogP contribution in [0.15, 0.2) is 59.6 Å². The first kappa shape index (κ1) is 10.4. The summed E-state index contributed by atoms with van der Waals surface area (Å²) in [6, 6.07) is 16.9. The zero-order valence-corrected chi connectivity index (χ0v) is 10.1. The van der Waals surface area contributed by atoms with E-state index in [-0.39, 0.29) is 0 Å². The normalized spacial score (nSPS) is 10.8. The van der Waals surface area contributed by atoms with Gasteiger partial charge >= 0.3 is 0 Å². The first-order chi connectivity index (χ1) is 8.42. The second-order valence-corrected chi connectivity index (χ2v) is 4.94. The number of rotatable bonds is 3. The first-order valence-electron chi connectivity index (χ1n) is 5.52. The van der Waals surface area contributed by atoms with E-state index in [9.17, 15) is 0 Å². The van der Waals surface area contributed by atoms with Crippen LogP contribution in [0.3, 0.4) is 0 Å². The Labute approximate surface area is 104 Å². The molecule has 0 aliphatic rings. The second-order valence-electron chi connectivity index (χ2n) is 3.89. The van der Waals surface area contributed by atoms with E-state index < -0.39 is 0 Å². The van der Waals surface area contributed by atoms with Crippen LogP contribution in [-0.2, 0) is 5.75 Å². The van der Waals surface area contributed by atoms with Gasteiger partial charge in [-0.3, -0.25) is 5.10 Å². The molecule has 2 aromatic carbocycles. The molecule has 0 unspecified atom stereocenters. The van der Waals surface area contributed by atoms with Gasteiger partial charge in [-0.05, 0) is 23.8 Å². The number of benzene rings is 2.